The molecule has 0 bridgehead atoms. The minimum absolute atomic E-state index is 0.153. The summed E-state index contributed by atoms with van der Waals surface area (Å²) in [6, 6.07) is 12.9. The standard InChI is InChI=1S/C18H16N2O3S2/c1-24-16-5-3-2-4-14(16)20-18(22)17(21)19-10-13-6-7-15(23-13)12-8-9-25-11-12/h2-9,11H,10H2,1H3,(H,19,21)(H,20,22). The fourth-order valence-electron chi connectivity index (χ4n) is 2.21. The number of rotatable bonds is 5. The van der Waals surface area contributed by atoms with E-state index in [2.05, 4.69) is 10.6 Å². The smallest absolute Gasteiger partial charge is 0.313 e. The van der Waals surface area contributed by atoms with Crippen molar-refractivity contribution in [3.63, 3.8) is 0 Å². The quantitative estimate of drug-likeness (QED) is 0.525. The van der Waals surface area contributed by atoms with Gasteiger partial charge >= 0.3 is 11.8 Å². The largest absolute Gasteiger partial charge is 0.459 e. The zero-order chi connectivity index (χ0) is 17.6. The molecule has 0 unspecified atom stereocenters. The number of benzene rings is 1. The maximum absolute atomic E-state index is 12.0. The number of para-hydroxylation sites is 1. The Bertz CT molecular complexity index is 872. The van der Waals surface area contributed by atoms with E-state index in [0.29, 0.717) is 11.4 Å². The van der Waals surface area contributed by atoms with E-state index in [1.54, 1.807) is 23.5 Å². The fourth-order valence-corrected chi connectivity index (χ4v) is 3.41. The van der Waals surface area contributed by atoms with E-state index in [1.807, 2.05) is 47.3 Å². The van der Waals surface area contributed by atoms with Gasteiger partial charge in [0.15, 0.2) is 0 Å². The van der Waals surface area contributed by atoms with Crippen molar-refractivity contribution in [1.82, 2.24) is 5.32 Å². The first-order valence-corrected chi connectivity index (χ1v) is 9.67. The third kappa shape index (κ3) is 4.32. The second-order valence-corrected chi connectivity index (χ2v) is 6.74. The summed E-state index contributed by atoms with van der Waals surface area (Å²) in [7, 11) is 0. The van der Waals surface area contributed by atoms with Gasteiger partial charge in [-0.05, 0) is 42.0 Å². The third-order valence-corrected chi connectivity index (χ3v) is 4.93. The zero-order valence-corrected chi connectivity index (χ0v) is 15.1. The molecule has 0 atom stereocenters. The molecule has 0 aliphatic rings. The van der Waals surface area contributed by atoms with Crippen molar-refractivity contribution in [1.29, 1.82) is 0 Å². The van der Waals surface area contributed by atoms with Gasteiger partial charge in [0, 0.05) is 15.8 Å². The third-order valence-electron chi connectivity index (χ3n) is 3.45. The Morgan fingerprint density at radius 3 is 2.72 bits per heavy atom. The Labute approximate surface area is 153 Å². The normalized spacial score (nSPS) is 10.4. The van der Waals surface area contributed by atoms with Crippen LogP contribution in [0.3, 0.4) is 0 Å². The number of thioether (sulfide) groups is 1. The van der Waals surface area contributed by atoms with Crippen molar-refractivity contribution in [2.75, 3.05) is 11.6 Å². The van der Waals surface area contributed by atoms with Crippen LogP contribution in [0.15, 0.2) is 62.5 Å². The minimum Gasteiger partial charge on any atom is -0.459 e. The van der Waals surface area contributed by atoms with Gasteiger partial charge < -0.3 is 15.1 Å². The number of hydrogen-bond acceptors (Lipinski definition) is 5. The van der Waals surface area contributed by atoms with Crippen LogP contribution in [0.4, 0.5) is 5.69 Å². The van der Waals surface area contributed by atoms with Gasteiger partial charge in [-0.2, -0.15) is 11.3 Å². The number of thiophene rings is 1. The molecule has 2 N–H and O–H groups in total. The molecule has 0 saturated heterocycles. The van der Waals surface area contributed by atoms with Crippen LogP contribution in [0, 0.1) is 0 Å². The van der Waals surface area contributed by atoms with E-state index < -0.39 is 11.8 Å². The van der Waals surface area contributed by atoms with E-state index >= 15 is 0 Å². The molecule has 3 aromatic rings. The molecule has 5 nitrogen and oxygen atoms in total. The Hall–Kier alpha value is -2.51. The minimum atomic E-state index is -0.704. The molecular weight excluding hydrogens is 356 g/mol. The van der Waals surface area contributed by atoms with E-state index in [4.69, 9.17) is 4.42 Å². The number of nitrogens with one attached hydrogen (secondary N) is 2. The number of carbonyl (C=O) groups is 2. The molecular formula is C18H16N2O3S2. The molecule has 2 amide bonds. The lowest BCUT2D eigenvalue weighted by Gasteiger charge is -2.09. The number of hydrogen-bond donors (Lipinski definition) is 2. The van der Waals surface area contributed by atoms with Gasteiger partial charge in [-0.3, -0.25) is 9.59 Å². The number of amides is 2. The van der Waals surface area contributed by atoms with Crippen LogP contribution in [-0.2, 0) is 16.1 Å². The molecule has 3 rings (SSSR count). The predicted octanol–water partition coefficient (Wildman–Crippen LogP) is 3.98. The Morgan fingerprint density at radius 2 is 1.96 bits per heavy atom. The summed E-state index contributed by atoms with van der Waals surface area (Å²) in [5.41, 5.74) is 1.61. The van der Waals surface area contributed by atoms with Gasteiger partial charge in [-0.25, -0.2) is 0 Å². The van der Waals surface area contributed by atoms with Gasteiger partial charge in [0.1, 0.15) is 11.5 Å². The first-order valence-electron chi connectivity index (χ1n) is 7.51. The zero-order valence-electron chi connectivity index (χ0n) is 13.4. The summed E-state index contributed by atoms with van der Waals surface area (Å²) in [6.45, 7) is 0.153. The lowest BCUT2D eigenvalue weighted by Crippen LogP contribution is -2.35. The molecule has 7 heteroatoms. The lowest BCUT2D eigenvalue weighted by molar-refractivity contribution is -0.136. The summed E-state index contributed by atoms with van der Waals surface area (Å²) in [5, 5.41) is 9.14. The fraction of sp³-hybridized carbons (Fsp3) is 0.111. The van der Waals surface area contributed by atoms with Crippen molar-refractivity contribution in [3.8, 4) is 11.3 Å². The number of carbonyl (C=O) groups excluding carboxylic acids is 2. The molecule has 0 aliphatic carbocycles. The molecule has 25 heavy (non-hydrogen) atoms. The molecule has 1 aromatic carbocycles. The van der Waals surface area contributed by atoms with Crippen molar-refractivity contribution in [2.45, 2.75) is 11.4 Å². The summed E-state index contributed by atoms with van der Waals surface area (Å²) in [5.74, 6) is -0.0776. The SMILES string of the molecule is CSc1ccccc1NC(=O)C(=O)NCc1ccc(-c2ccsc2)o1. The number of anilines is 1. The second kappa shape index (κ2) is 8.04. The average Bonchev–Trinajstić information content (AvgIpc) is 3.31. The lowest BCUT2D eigenvalue weighted by atomic mass is 10.3. The van der Waals surface area contributed by atoms with Crippen LogP contribution in [0.1, 0.15) is 5.76 Å². The van der Waals surface area contributed by atoms with Crippen LogP contribution in [0.25, 0.3) is 11.3 Å². The monoisotopic (exact) mass is 372 g/mol. The number of furan rings is 1. The Balaban J connectivity index is 1.56. The highest BCUT2D eigenvalue weighted by Crippen LogP contribution is 2.25. The molecule has 2 heterocycles. The summed E-state index contributed by atoms with van der Waals surface area (Å²) >= 11 is 3.09. The molecule has 0 fully saturated rings. The molecule has 0 spiro atoms. The second-order valence-electron chi connectivity index (χ2n) is 5.12. The van der Waals surface area contributed by atoms with Crippen molar-refractivity contribution in [2.24, 2.45) is 0 Å². The molecule has 128 valence electrons. The predicted molar refractivity (Wildman–Crippen MR) is 101 cm³/mol. The van der Waals surface area contributed by atoms with Crippen LogP contribution in [0.5, 0.6) is 0 Å². The van der Waals surface area contributed by atoms with Crippen LogP contribution >= 0.6 is 23.1 Å². The highest BCUT2D eigenvalue weighted by Gasteiger charge is 2.15. The van der Waals surface area contributed by atoms with E-state index in [1.165, 1.54) is 11.8 Å². The van der Waals surface area contributed by atoms with E-state index in [-0.39, 0.29) is 6.54 Å². The molecule has 0 aliphatic heterocycles. The maximum Gasteiger partial charge on any atom is 0.313 e. The van der Waals surface area contributed by atoms with Crippen LogP contribution in [0.2, 0.25) is 0 Å². The maximum atomic E-state index is 12.0. The van der Waals surface area contributed by atoms with Gasteiger partial charge in [0.25, 0.3) is 0 Å². The van der Waals surface area contributed by atoms with Crippen molar-refractivity contribution < 1.29 is 14.0 Å². The average molecular weight is 372 g/mol. The topological polar surface area (TPSA) is 71.3 Å². The highest BCUT2D eigenvalue weighted by atomic mass is 32.2. The first kappa shape index (κ1) is 17.3. The molecule has 0 radical (unpaired) electrons. The Morgan fingerprint density at radius 1 is 1.12 bits per heavy atom. The van der Waals surface area contributed by atoms with Crippen LogP contribution in [-0.4, -0.2) is 18.1 Å². The van der Waals surface area contributed by atoms with Gasteiger partial charge in [-0.1, -0.05) is 12.1 Å². The van der Waals surface area contributed by atoms with E-state index in [9.17, 15) is 9.59 Å². The summed E-state index contributed by atoms with van der Waals surface area (Å²) in [4.78, 5) is 24.9. The summed E-state index contributed by atoms with van der Waals surface area (Å²) < 4.78 is 5.67. The van der Waals surface area contributed by atoms with Crippen molar-refractivity contribution in [3.05, 3.63) is 59.0 Å². The van der Waals surface area contributed by atoms with Gasteiger partial charge in [0.2, 0.25) is 0 Å². The molecule has 2 aromatic heterocycles. The Kier molecular flexibility index (Phi) is 5.57. The van der Waals surface area contributed by atoms with Gasteiger partial charge in [0.05, 0.1) is 12.2 Å². The van der Waals surface area contributed by atoms with Crippen molar-refractivity contribution >= 4 is 40.6 Å². The highest BCUT2D eigenvalue weighted by molar-refractivity contribution is 7.98. The molecule has 0 saturated carbocycles. The van der Waals surface area contributed by atoms with Crippen LogP contribution < -0.4 is 10.6 Å². The van der Waals surface area contributed by atoms with Gasteiger partial charge in [-0.15, -0.1) is 11.8 Å². The van der Waals surface area contributed by atoms with E-state index in [0.717, 1.165) is 16.2 Å². The summed E-state index contributed by atoms with van der Waals surface area (Å²) in [6.07, 6.45) is 1.91. The first-order chi connectivity index (χ1) is 12.2.